The van der Waals surface area contributed by atoms with Crippen molar-refractivity contribution in [3.05, 3.63) is 29.9 Å². The topological polar surface area (TPSA) is 61.0 Å². The molecule has 1 atom stereocenters. The number of aromatic nitrogens is 5. The third-order valence-electron chi connectivity index (χ3n) is 4.07. The quantitative estimate of drug-likeness (QED) is 0.825. The van der Waals surface area contributed by atoms with Crippen LogP contribution in [-0.2, 0) is 24.4 Å². The summed E-state index contributed by atoms with van der Waals surface area (Å²) in [5.41, 5.74) is 0. The molecule has 0 spiro atoms. The average Bonchev–Trinajstić information content (AvgIpc) is 3.06. The number of nitrogens with zero attached hydrogens (tertiary/aromatic N) is 6. The summed E-state index contributed by atoms with van der Waals surface area (Å²) < 4.78 is 10.0. The second-order valence-electron chi connectivity index (χ2n) is 5.75. The van der Waals surface area contributed by atoms with Crippen molar-refractivity contribution in [3.8, 4) is 0 Å². The zero-order valence-corrected chi connectivity index (χ0v) is 13.6. The van der Waals surface area contributed by atoms with Crippen LogP contribution in [0, 0.1) is 13.8 Å². The average molecular weight is 304 g/mol. The second kappa shape index (κ2) is 6.58. The van der Waals surface area contributed by atoms with E-state index < -0.39 is 0 Å². The molecule has 0 radical (unpaired) electrons. The highest BCUT2D eigenvalue weighted by Crippen LogP contribution is 2.12. The zero-order chi connectivity index (χ0) is 15.5. The lowest BCUT2D eigenvalue weighted by molar-refractivity contribution is -0.0414. The van der Waals surface area contributed by atoms with Crippen LogP contribution in [0.15, 0.2) is 12.4 Å². The van der Waals surface area contributed by atoms with Gasteiger partial charge in [-0.15, -0.1) is 0 Å². The van der Waals surface area contributed by atoms with Crippen LogP contribution in [0.3, 0.4) is 0 Å². The van der Waals surface area contributed by atoms with E-state index >= 15 is 0 Å². The fourth-order valence-electron chi connectivity index (χ4n) is 2.94. The maximum absolute atomic E-state index is 5.89. The van der Waals surface area contributed by atoms with Gasteiger partial charge in [0.25, 0.3) is 0 Å². The van der Waals surface area contributed by atoms with Gasteiger partial charge in [-0.25, -0.2) is 14.6 Å². The van der Waals surface area contributed by atoms with Crippen LogP contribution in [0.5, 0.6) is 0 Å². The largest absolute Gasteiger partial charge is 0.374 e. The summed E-state index contributed by atoms with van der Waals surface area (Å²) in [5, 5.41) is 4.42. The standard InChI is InChI=1S/C15H24N6O/c1-4-20-6-5-16-15(20)11-19-7-8-22-14(9-19)10-21-13(3)17-12(2)18-21/h5-6,14H,4,7-11H2,1-3H3/t14-/m1/s1. The van der Waals surface area contributed by atoms with Gasteiger partial charge in [0.05, 0.1) is 25.8 Å². The summed E-state index contributed by atoms with van der Waals surface area (Å²) in [5.74, 6) is 2.88. The number of rotatable bonds is 5. The fourth-order valence-corrected chi connectivity index (χ4v) is 2.94. The minimum atomic E-state index is 0.151. The van der Waals surface area contributed by atoms with Crippen molar-refractivity contribution in [1.29, 1.82) is 0 Å². The lowest BCUT2D eigenvalue weighted by atomic mass is 10.2. The predicted octanol–water partition coefficient (Wildman–Crippen LogP) is 1.01. The van der Waals surface area contributed by atoms with Crippen molar-refractivity contribution in [2.45, 2.75) is 46.5 Å². The van der Waals surface area contributed by atoms with Gasteiger partial charge in [-0.1, -0.05) is 0 Å². The van der Waals surface area contributed by atoms with E-state index in [4.69, 9.17) is 4.74 Å². The zero-order valence-electron chi connectivity index (χ0n) is 13.6. The fraction of sp³-hybridized carbons (Fsp3) is 0.667. The van der Waals surface area contributed by atoms with E-state index in [0.717, 1.165) is 56.8 Å². The molecule has 1 aliphatic rings. The molecule has 7 nitrogen and oxygen atoms in total. The van der Waals surface area contributed by atoms with Gasteiger partial charge in [0.2, 0.25) is 0 Å². The molecule has 1 saturated heterocycles. The molecule has 2 aromatic rings. The minimum Gasteiger partial charge on any atom is -0.374 e. The van der Waals surface area contributed by atoms with Gasteiger partial charge in [-0.3, -0.25) is 4.90 Å². The molecule has 1 aliphatic heterocycles. The molecule has 0 bridgehead atoms. The van der Waals surface area contributed by atoms with Gasteiger partial charge in [-0.05, 0) is 20.8 Å². The second-order valence-corrected chi connectivity index (χ2v) is 5.75. The number of ether oxygens (including phenoxy) is 1. The maximum Gasteiger partial charge on any atom is 0.147 e. The first-order chi connectivity index (χ1) is 10.7. The van der Waals surface area contributed by atoms with Crippen LogP contribution >= 0.6 is 0 Å². The molecule has 7 heteroatoms. The highest BCUT2D eigenvalue weighted by Gasteiger charge is 2.23. The Morgan fingerprint density at radius 1 is 1.36 bits per heavy atom. The van der Waals surface area contributed by atoms with Crippen LogP contribution in [0.25, 0.3) is 0 Å². The van der Waals surface area contributed by atoms with Gasteiger partial charge in [0.1, 0.15) is 17.5 Å². The van der Waals surface area contributed by atoms with Crippen molar-refractivity contribution >= 4 is 0 Å². The van der Waals surface area contributed by atoms with Gasteiger partial charge in [0.15, 0.2) is 0 Å². The summed E-state index contributed by atoms with van der Waals surface area (Å²) in [6.45, 7) is 11.2. The van der Waals surface area contributed by atoms with Crippen molar-refractivity contribution in [2.24, 2.45) is 0 Å². The van der Waals surface area contributed by atoms with Crippen LogP contribution in [0.2, 0.25) is 0 Å². The number of hydrogen-bond acceptors (Lipinski definition) is 5. The van der Waals surface area contributed by atoms with E-state index in [2.05, 4.69) is 31.5 Å². The van der Waals surface area contributed by atoms with Crippen molar-refractivity contribution in [3.63, 3.8) is 0 Å². The molecule has 0 saturated carbocycles. The van der Waals surface area contributed by atoms with E-state index in [1.165, 1.54) is 0 Å². The molecule has 0 unspecified atom stereocenters. The van der Waals surface area contributed by atoms with Crippen LogP contribution in [0.4, 0.5) is 0 Å². The monoisotopic (exact) mass is 304 g/mol. The number of morpholine rings is 1. The number of imidazole rings is 1. The minimum absolute atomic E-state index is 0.151. The van der Waals surface area contributed by atoms with Gasteiger partial charge >= 0.3 is 0 Å². The summed E-state index contributed by atoms with van der Waals surface area (Å²) in [7, 11) is 0. The van der Waals surface area contributed by atoms with Crippen molar-refractivity contribution in [2.75, 3.05) is 19.7 Å². The van der Waals surface area contributed by atoms with E-state index in [9.17, 15) is 0 Å². The smallest absolute Gasteiger partial charge is 0.147 e. The van der Waals surface area contributed by atoms with Gasteiger partial charge < -0.3 is 9.30 Å². The molecule has 2 aromatic heterocycles. The normalized spacial score (nSPS) is 19.7. The van der Waals surface area contributed by atoms with Crippen LogP contribution in [0.1, 0.15) is 24.4 Å². The van der Waals surface area contributed by atoms with E-state index in [0.29, 0.717) is 0 Å². The molecule has 120 valence electrons. The summed E-state index contributed by atoms with van der Waals surface area (Å²) >= 11 is 0. The molecule has 0 aromatic carbocycles. The Kier molecular flexibility index (Phi) is 4.54. The first-order valence-corrected chi connectivity index (χ1v) is 7.87. The molecular weight excluding hydrogens is 280 g/mol. The summed E-state index contributed by atoms with van der Waals surface area (Å²) in [6, 6.07) is 0. The molecular formula is C15H24N6O. The lowest BCUT2D eigenvalue weighted by Gasteiger charge is -2.32. The van der Waals surface area contributed by atoms with Crippen LogP contribution in [-0.4, -0.2) is 55.0 Å². The first kappa shape index (κ1) is 15.2. The predicted molar refractivity (Wildman–Crippen MR) is 82.4 cm³/mol. The molecule has 0 aliphatic carbocycles. The van der Waals surface area contributed by atoms with Crippen molar-refractivity contribution in [1.82, 2.24) is 29.2 Å². The Labute approximate surface area is 130 Å². The molecule has 0 N–H and O–H groups in total. The Hall–Kier alpha value is -1.73. The first-order valence-electron chi connectivity index (χ1n) is 7.87. The SMILES string of the molecule is CCn1ccnc1CN1CCO[C@@H](Cn2nc(C)nc2C)C1. The highest BCUT2D eigenvalue weighted by atomic mass is 16.5. The van der Waals surface area contributed by atoms with Gasteiger partial charge in [-0.2, -0.15) is 5.10 Å². The Morgan fingerprint density at radius 3 is 2.95 bits per heavy atom. The van der Waals surface area contributed by atoms with E-state index in [-0.39, 0.29) is 6.10 Å². The number of hydrogen-bond donors (Lipinski definition) is 0. The van der Waals surface area contributed by atoms with Gasteiger partial charge in [0, 0.05) is 32.0 Å². The lowest BCUT2D eigenvalue weighted by Crippen LogP contribution is -2.44. The third-order valence-corrected chi connectivity index (χ3v) is 4.07. The molecule has 0 amide bonds. The van der Waals surface area contributed by atoms with E-state index in [1.54, 1.807) is 0 Å². The maximum atomic E-state index is 5.89. The summed E-state index contributed by atoms with van der Waals surface area (Å²) in [4.78, 5) is 11.2. The third kappa shape index (κ3) is 3.36. The Balaban J connectivity index is 1.60. The molecule has 1 fully saturated rings. The van der Waals surface area contributed by atoms with E-state index in [1.807, 2.05) is 30.9 Å². The molecule has 22 heavy (non-hydrogen) atoms. The summed E-state index contributed by atoms with van der Waals surface area (Å²) in [6.07, 6.45) is 4.06. The molecule has 3 rings (SSSR count). The van der Waals surface area contributed by atoms with Crippen molar-refractivity contribution < 1.29 is 4.74 Å². The number of aryl methyl sites for hydroxylation is 3. The highest BCUT2D eigenvalue weighted by molar-refractivity contribution is 4.93. The Morgan fingerprint density at radius 2 is 2.23 bits per heavy atom. The Bertz CT molecular complexity index is 619. The molecule has 3 heterocycles. The van der Waals surface area contributed by atoms with Crippen LogP contribution < -0.4 is 0 Å².